The SMILES string of the molecule is Cc1cccc(-c2cc(C#N)cs2)n1. The van der Waals surface area contributed by atoms with Crippen LogP contribution in [0.4, 0.5) is 0 Å². The second-order valence-corrected chi connectivity index (χ2v) is 3.89. The fourth-order valence-electron chi connectivity index (χ4n) is 1.21. The Bertz CT molecular complexity index is 494. The van der Waals surface area contributed by atoms with Crippen molar-refractivity contribution >= 4 is 11.3 Å². The second-order valence-electron chi connectivity index (χ2n) is 2.98. The van der Waals surface area contributed by atoms with Gasteiger partial charge in [-0.2, -0.15) is 5.26 Å². The van der Waals surface area contributed by atoms with Gasteiger partial charge in [0.2, 0.25) is 0 Å². The topological polar surface area (TPSA) is 36.7 Å². The zero-order valence-corrected chi connectivity index (χ0v) is 8.51. The van der Waals surface area contributed by atoms with Gasteiger partial charge < -0.3 is 0 Å². The Morgan fingerprint density at radius 3 is 2.93 bits per heavy atom. The summed E-state index contributed by atoms with van der Waals surface area (Å²) in [6.45, 7) is 1.96. The van der Waals surface area contributed by atoms with E-state index in [0.29, 0.717) is 5.56 Å². The smallest absolute Gasteiger partial charge is 0.100 e. The number of hydrogen-bond acceptors (Lipinski definition) is 3. The van der Waals surface area contributed by atoms with Gasteiger partial charge in [0, 0.05) is 11.1 Å². The maximum absolute atomic E-state index is 8.69. The molecule has 0 N–H and O–H groups in total. The van der Waals surface area contributed by atoms with Crippen LogP contribution in [0.25, 0.3) is 10.6 Å². The number of nitriles is 1. The average Bonchev–Trinajstić information content (AvgIpc) is 2.66. The van der Waals surface area contributed by atoms with Gasteiger partial charge in [0.15, 0.2) is 0 Å². The van der Waals surface area contributed by atoms with E-state index in [9.17, 15) is 0 Å². The summed E-state index contributed by atoms with van der Waals surface area (Å²) in [4.78, 5) is 5.44. The third kappa shape index (κ3) is 1.66. The molecule has 0 saturated heterocycles. The molecule has 0 fully saturated rings. The van der Waals surface area contributed by atoms with E-state index in [2.05, 4.69) is 11.1 Å². The fourth-order valence-corrected chi connectivity index (χ4v) is 2.01. The number of aryl methyl sites for hydroxylation is 1. The minimum Gasteiger partial charge on any atom is -0.252 e. The molecule has 68 valence electrons. The first-order chi connectivity index (χ1) is 6.79. The van der Waals surface area contributed by atoms with Gasteiger partial charge in [0.25, 0.3) is 0 Å². The van der Waals surface area contributed by atoms with Crippen molar-refractivity contribution in [3.05, 3.63) is 40.9 Å². The second kappa shape index (κ2) is 3.60. The monoisotopic (exact) mass is 200 g/mol. The zero-order chi connectivity index (χ0) is 9.97. The maximum Gasteiger partial charge on any atom is 0.100 e. The molecule has 2 heterocycles. The van der Waals surface area contributed by atoms with Crippen LogP contribution in [-0.2, 0) is 0 Å². The summed E-state index contributed by atoms with van der Waals surface area (Å²) in [7, 11) is 0. The summed E-state index contributed by atoms with van der Waals surface area (Å²) in [6.07, 6.45) is 0. The lowest BCUT2D eigenvalue weighted by molar-refractivity contribution is 1.21. The molecule has 14 heavy (non-hydrogen) atoms. The van der Waals surface area contributed by atoms with E-state index >= 15 is 0 Å². The Balaban J connectivity index is 2.45. The highest BCUT2D eigenvalue weighted by atomic mass is 32.1. The first-order valence-electron chi connectivity index (χ1n) is 4.22. The van der Waals surface area contributed by atoms with E-state index in [1.54, 1.807) is 11.3 Å². The first kappa shape index (κ1) is 8.92. The van der Waals surface area contributed by atoms with Crippen molar-refractivity contribution in [3.8, 4) is 16.6 Å². The third-order valence-electron chi connectivity index (χ3n) is 1.87. The summed E-state index contributed by atoms with van der Waals surface area (Å²) in [5, 5.41) is 10.5. The van der Waals surface area contributed by atoms with Gasteiger partial charge in [0.1, 0.15) is 6.07 Å². The van der Waals surface area contributed by atoms with Crippen molar-refractivity contribution in [2.75, 3.05) is 0 Å². The van der Waals surface area contributed by atoms with Crippen LogP contribution in [0.5, 0.6) is 0 Å². The molecule has 0 aliphatic heterocycles. The molecule has 2 aromatic rings. The molecule has 0 unspecified atom stereocenters. The Hall–Kier alpha value is -1.66. The van der Waals surface area contributed by atoms with Crippen LogP contribution in [0, 0.1) is 18.3 Å². The molecule has 0 spiro atoms. The van der Waals surface area contributed by atoms with Crippen molar-refractivity contribution in [3.63, 3.8) is 0 Å². The lowest BCUT2D eigenvalue weighted by Crippen LogP contribution is -1.82. The Morgan fingerprint density at radius 1 is 1.43 bits per heavy atom. The summed E-state index contributed by atoms with van der Waals surface area (Å²) in [5.41, 5.74) is 2.64. The molecular formula is C11H8N2S. The van der Waals surface area contributed by atoms with E-state index in [1.165, 1.54) is 0 Å². The predicted octanol–water partition coefficient (Wildman–Crippen LogP) is 2.99. The molecule has 2 rings (SSSR count). The summed E-state index contributed by atoms with van der Waals surface area (Å²) >= 11 is 1.55. The summed E-state index contributed by atoms with van der Waals surface area (Å²) in [6, 6.07) is 9.88. The van der Waals surface area contributed by atoms with Crippen LogP contribution in [0.3, 0.4) is 0 Å². The average molecular weight is 200 g/mol. The number of hydrogen-bond donors (Lipinski definition) is 0. The summed E-state index contributed by atoms with van der Waals surface area (Å²) in [5.74, 6) is 0. The molecule has 0 atom stereocenters. The summed E-state index contributed by atoms with van der Waals surface area (Å²) < 4.78 is 0. The molecule has 3 heteroatoms. The molecule has 0 saturated carbocycles. The van der Waals surface area contributed by atoms with Crippen molar-refractivity contribution in [2.45, 2.75) is 6.92 Å². The van der Waals surface area contributed by atoms with Crippen molar-refractivity contribution < 1.29 is 0 Å². The highest BCUT2D eigenvalue weighted by molar-refractivity contribution is 7.13. The molecular weight excluding hydrogens is 192 g/mol. The number of nitrogens with zero attached hydrogens (tertiary/aromatic N) is 2. The molecule has 0 bridgehead atoms. The van der Waals surface area contributed by atoms with Crippen LogP contribution in [0.15, 0.2) is 29.6 Å². The van der Waals surface area contributed by atoms with Gasteiger partial charge in [0.05, 0.1) is 16.1 Å². The van der Waals surface area contributed by atoms with Gasteiger partial charge >= 0.3 is 0 Å². The van der Waals surface area contributed by atoms with Gasteiger partial charge in [-0.15, -0.1) is 11.3 Å². The van der Waals surface area contributed by atoms with Crippen molar-refractivity contribution in [1.29, 1.82) is 5.26 Å². The Labute approximate surface area is 86.5 Å². The number of aromatic nitrogens is 1. The quantitative estimate of drug-likeness (QED) is 0.709. The Kier molecular flexibility index (Phi) is 2.30. The van der Waals surface area contributed by atoms with Crippen molar-refractivity contribution in [1.82, 2.24) is 4.98 Å². The van der Waals surface area contributed by atoms with Crippen LogP contribution < -0.4 is 0 Å². The maximum atomic E-state index is 8.69. The minimum absolute atomic E-state index is 0.702. The van der Waals surface area contributed by atoms with Crippen LogP contribution in [-0.4, -0.2) is 4.98 Å². The lowest BCUT2D eigenvalue weighted by atomic mass is 10.2. The fraction of sp³-hybridized carbons (Fsp3) is 0.0909. The molecule has 2 aromatic heterocycles. The first-order valence-corrected chi connectivity index (χ1v) is 5.10. The number of rotatable bonds is 1. The van der Waals surface area contributed by atoms with Gasteiger partial charge in [-0.05, 0) is 25.1 Å². The number of pyridine rings is 1. The number of thiophene rings is 1. The minimum atomic E-state index is 0.702. The molecule has 0 radical (unpaired) electrons. The molecule has 0 aliphatic rings. The van der Waals surface area contributed by atoms with Gasteiger partial charge in [-0.3, -0.25) is 4.98 Å². The largest absolute Gasteiger partial charge is 0.252 e. The van der Waals surface area contributed by atoms with E-state index in [4.69, 9.17) is 5.26 Å². The van der Waals surface area contributed by atoms with E-state index in [-0.39, 0.29) is 0 Å². The third-order valence-corrected chi connectivity index (χ3v) is 2.82. The van der Waals surface area contributed by atoms with Crippen LogP contribution >= 0.6 is 11.3 Å². The highest BCUT2D eigenvalue weighted by Gasteiger charge is 2.02. The highest BCUT2D eigenvalue weighted by Crippen LogP contribution is 2.25. The van der Waals surface area contributed by atoms with E-state index < -0.39 is 0 Å². The predicted molar refractivity (Wildman–Crippen MR) is 57.0 cm³/mol. The van der Waals surface area contributed by atoms with Gasteiger partial charge in [-0.1, -0.05) is 6.07 Å². The zero-order valence-electron chi connectivity index (χ0n) is 7.69. The lowest BCUT2D eigenvalue weighted by Gasteiger charge is -1.96. The van der Waals surface area contributed by atoms with Gasteiger partial charge in [-0.25, -0.2) is 0 Å². The van der Waals surface area contributed by atoms with E-state index in [1.807, 2.05) is 36.6 Å². The normalized spacial score (nSPS) is 9.71. The van der Waals surface area contributed by atoms with E-state index in [0.717, 1.165) is 16.3 Å². The molecule has 2 nitrogen and oxygen atoms in total. The van der Waals surface area contributed by atoms with Crippen LogP contribution in [0.2, 0.25) is 0 Å². The standard InChI is InChI=1S/C11H8N2S/c1-8-3-2-4-10(13-8)11-5-9(6-12)7-14-11/h2-5,7H,1H3. The molecule has 0 aromatic carbocycles. The Morgan fingerprint density at radius 2 is 2.29 bits per heavy atom. The van der Waals surface area contributed by atoms with Crippen molar-refractivity contribution in [2.24, 2.45) is 0 Å². The molecule has 0 amide bonds. The van der Waals surface area contributed by atoms with Crippen LogP contribution in [0.1, 0.15) is 11.3 Å². The molecule has 0 aliphatic carbocycles.